The summed E-state index contributed by atoms with van der Waals surface area (Å²) >= 11 is 0. The zero-order valence-corrected chi connectivity index (χ0v) is 7.34. The number of hydrogen-bond donors (Lipinski definition) is 2. The summed E-state index contributed by atoms with van der Waals surface area (Å²) in [5.74, 6) is -0.224. The van der Waals surface area contributed by atoms with E-state index in [1.165, 1.54) is 12.3 Å². The Labute approximate surface area is 72.5 Å². The molecule has 0 saturated heterocycles. The number of aliphatic hydroxyl groups is 1. The molecule has 1 aliphatic heterocycles. The van der Waals surface area contributed by atoms with E-state index in [4.69, 9.17) is 0 Å². The van der Waals surface area contributed by atoms with Crippen LogP contribution in [0.5, 0.6) is 0 Å². The second-order valence-corrected chi connectivity index (χ2v) is 3.16. The van der Waals surface area contributed by atoms with Gasteiger partial charge in [-0.15, -0.1) is 0 Å². The number of unbranched alkanes of at least 4 members (excludes halogenated alkanes) is 2. The first-order valence-corrected chi connectivity index (χ1v) is 4.40. The Balaban J connectivity index is 2.35. The molecule has 0 aromatic rings. The van der Waals surface area contributed by atoms with E-state index >= 15 is 0 Å². The molecule has 3 nitrogen and oxygen atoms in total. The molecule has 1 aliphatic rings. The number of hydrogen-bond acceptors (Lipinski definition) is 3. The van der Waals surface area contributed by atoms with Crippen molar-refractivity contribution in [3.8, 4) is 0 Å². The zero-order chi connectivity index (χ0) is 9.03. The predicted molar refractivity (Wildman–Crippen MR) is 46.4 cm³/mol. The quantitative estimate of drug-likeness (QED) is 0.616. The molecule has 0 bridgehead atoms. The van der Waals surface area contributed by atoms with Gasteiger partial charge in [0.2, 0.25) is 5.78 Å². The average Bonchev–Trinajstić information content (AvgIpc) is 2.34. The maximum atomic E-state index is 11.1. The lowest BCUT2D eigenvalue weighted by Gasteiger charge is -2.21. The Morgan fingerprint density at radius 3 is 2.83 bits per heavy atom. The van der Waals surface area contributed by atoms with Gasteiger partial charge in [0.05, 0.1) is 0 Å². The number of rotatable bonds is 4. The molecule has 1 rings (SSSR count). The fraction of sp³-hybridized carbons (Fsp3) is 0.667. The minimum atomic E-state index is -1.30. The van der Waals surface area contributed by atoms with E-state index < -0.39 is 5.72 Å². The molecule has 1 unspecified atom stereocenters. The van der Waals surface area contributed by atoms with Crippen molar-refractivity contribution in [3.05, 3.63) is 12.3 Å². The smallest absolute Gasteiger partial charge is 0.209 e. The largest absolute Gasteiger partial charge is 0.364 e. The number of carbonyl (C=O) groups is 1. The molecule has 0 saturated carbocycles. The lowest BCUT2D eigenvalue weighted by atomic mass is 10.0. The first-order chi connectivity index (χ1) is 5.69. The third kappa shape index (κ3) is 1.85. The van der Waals surface area contributed by atoms with E-state index in [9.17, 15) is 9.90 Å². The van der Waals surface area contributed by atoms with Gasteiger partial charge in [0.25, 0.3) is 0 Å². The molecule has 68 valence electrons. The van der Waals surface area contributed by atoms with Crippen LogP contribution in [-0.2, 0) is 4.79 Å². The Morgan fingerprint density at radius 2 is 2.33 bits per heavy atom. The third-order valence-corrected chi connectivity index (χ3v) is 2.11. The highest BCUT2D eigenvalue weighted by Crippen LogP contribution is 2.17. The van der Waals surface area contributed by atoms with Gasteiger partial charge in [-0.05, 0) is 6.42 Å². The molecule has 12 heavy (non-hydrogen) atoms. The van der Waals surface area contributed by atoms with Crippen molar-refractivity contribution in [3.63, 3.8) is 0 Å². The second kappa shape index (κ2) is 3.72. The molecule has 0 aromatic carbocycles. The molecular formula is C9H15NO2. The van der Waals surface area contributed by atoms with Crippen LogP contribution in [0.2, 0.25) is 0 Å². The maximum Gasteiger partial charge on any atom is 0.209 e. The molecule has 0 amide bonds. The van der Waals surface area contributed by atoms with E-state index in [2.05, 4.69) is 12.2 Å². The lowest BCUT2D eigenvalue weighted by molar-refractivity contribution is -0.133. The molecule has 0 aliphatic carbocycles. The van der Waals surface area contributed by atoms with E-state index in [1.807, 2.05) is 0 Å². The molecule has 1 atom stereocenters. The standard InChI is InChI=1S/C9H15NO2/c1-2-3-4-6-9(12)8(11)5-7-10-9/h5,7,10,12H,2-4,6H2,1H3. The summed E-state index contributed by atoms with van der Waals surface area (Å²) < 4.78 is 0. The van der Waals surface area contributed by atoms with Crippen molar-refractivity contribution in [2.24, 2.45) is 0 Å². The van der Waals surface area contributed by atoms with Crippen LogP contribution < -0.4 is 5.32 Å². The fourth-order valence-electron chi connectivity index (χ4n) is 1.29. The van der Waals surface area contributed by atoms with Crippen LogP contribution >= 0.6 is 0 Å². The number of ketones is 1. The molecule has 0 fully saturated rings. The molecule has 0 spiro atoms. The van der Waals surface area contributed by atoms with Crippen LogP contribution in [0.1, 0.15) is 32.6 Å². The van der Waals surface area contributed by atoms with Crippen molar-refractivity contribution in [2.75, 3.05) is 0 Å². The van der Waals surface area contributed by atoms with Crippen LogP contribution in [0.4, 0.5) is 0 Å². The number of nitrogens with one attached hydrogen (secondary N) is 1. The average molecular weight is 169 g/mol. The first kappa shape index (κ1) is 9.26. The number of carbonyl (C=O) groups excluding carboxylic acids is 1. The van der Waals surface area contributed by atoms with Gasteiger partial charge in [-0.1, -0.05) is 19.8 Å². The van der Waals surface area contributed by atoms with Gasteiger partial charge in [0.1, 0.15) is 0 Å². The second-order valence-electron chi connectivity index (χ2n) is 3.16. The van der Waals surface area contributed by atoms with Crippen LogP contribution in [0.15, 0.2) is 12.3 Å². The van der Waals surface area contributed by atoms with Gasteiger partial charge in [0, 0.05) is 18.7 Å². The summed E-state index contributed by atoms with van der Waals surface area (Å²) in [5.41, 5.74) is -1.30. The fourth-order valence-corrected chi connectivity index (χ4v) is 1.29. The Hall–Kier alpha value is -0.830. The van der Waals surface area contributed by atoms with Crippen LogP contribution in [-0.4, -0.2) is 16.6 Å². The SMILES string of the molecule is CCCCCC1(O)NC=CC1=O. The van der Waals surface area contributed by atoms with E-state index in [0.29, 0.717) is 6.42 Å². The van der Waals surface area contributed by atoms with Gasteiger partial charge in [-0.25, -0.2) is 0 Å². The first-order valence-electron chi connectivity index (χ1n) is 4.40. The van der Waals surface area contributed by atoms with E-state index in [-0.39, 0.29) is 5.78 Å². The minimum Gasteiger partial charge on any atom is -0.364 e. The van der Waals surface area contributed by atoms with Crippen molar-refractivity contribution in [2.45, 2.75) is 38.3 Å². The maximum absolute atomic E-state index is 11.1. The van der Waals surface area contributed by atoms with Gasteiger partial charge < -0.3 is 10.4 Å². The minimum absolute atomic E-state index is 0.224. The summed E-state index contributed by atoms with van der Waals surface area (Å²) in [6.07, 6.45) is 6.43. The highest BCUT2D eigenvalue weighted by Gasteiger charge is 2.35. The summed E-state index contributed by atoms with van der Waals surface area (Å²) in [4.78, 5) is 11.1. The van der Waals surface area contributed by atoms with Crippen LogP contribution in [0.3, 0.4) is 0 Å². The molecule has 2 N–H and O–H groups in total. The zero-order valence-electron chi connectivity index (χ0n) is 7.34. The Bertz CT molecular complexity index is 201. The Morgan fingerprint density at radius 1 is 1.58 bits per heavy atom. The molecule has 1 heterocycles. The van der Waals surface area contributed by atoms with Crippen molar-refractivity contribution in [1.82, 2.24) is 5.32 Å². The van der Waals surface area contributed by atoms with Crippen LogP contribution in [0.25, 0.3) is 0 Å². The van der Waals surface area contributed by atoms with Gasteiger partial charge >= 0.3 is 0 Å². The monoisotopic (exact) mass is 169 g/mol. The molecule has 0 aromatic heterocycles. The van der Waals surface area contributed by atoms with E-state index in [0.717, 1.165) is 19.3 Å². The highest BCUT2D eigenvalue weighted by atomic mass is 16.3. The third-order valence-electron chi connectivity index (χ3n) is 2.11. The predicted octanol–water partition coefficient (Wildman–Crippen LogP) is 0.941. The Kier molecular flexibility index (Phi) is 2.87. The lowest BCUT2D eigenvalue weighted by Crippen LogP contribution is -2.44. The summed E-state index contributed by atoms with van der Waals surface area (Å²) in [5, 5.41) is 12.3. The van der Waals surface area contributed by atoms with Crippen molar-refractivity contribution < 1.29 is 9.90 Å². The van der Waals surface area contributed by atoms with Gasteiger partial charge in [-0.2, -0.15) is 0 Å². The normalized spacial score (nSPS) is 27.7. The topological polar surface area (TPSA) is 49.3 Å². The summed E-state index contributed by atoms with van der Waals surface area (Å²) in [7, 11) is 0. The van der Waals surface area contributed by atoms with Crippen LogP contribution in [0, 0.1) is 0 Å². The summed E-state index contributed by atoms with van der Waals surface area (Å²) in [6, 6.07) is 0. The van der Waals surface area contributed by atoms with Gasteiger partial charge in [-0.3, -0.25) is 4.79 Å². The molecular weight excluding hydrogens is 154 g/mol. The van der Waals surface area contributed by atoms with E-state index in [1.54, 1.807) is 0 Å². The molecule has 0 radical (unpaired) electrons. The molecule has 3 heteroatoms. The summed E-state index contributed by atoms with van der Waals surface area (Å²) in [6.45, 7) is 2.09. The van der Waals surface area contributed by atoms with Crippen molar-refractivity contribution >= 4 is 5.78 Å². The van der Waals surface area contributed by atoms with Crippen molar-refractivity contribution in [1.29, 1.82) is 0 Å². The van der Waals surface area contributed by atoms with Gasteiger partial charge in [0.15, 0.2) is 5.72 Å². The highest BCUT2D eigenvalue weighted by molar-refractivity contribution is 5.98.